The van der Waals surface area contributed by atoms with E-state index in [9.17, 15) is 18.0 Å². The molecule has 0 spiro atoms. The van der Waals surface area contributed by atoms with Crippen LogP contribution >= 0.6 is 0 Å². The summed E-state index contributed by atoms with van der Waals surface area (Å²) in [6.07, 6.45) is 1.36. The van der Waals surface area contributed by atoms with Crippen LogP contribution in [0.15, 0.2) is 65.7 Å². The highest BCUT2D eigenvalue weighted by Crippen LogP contribution is 2.27. The van der Waals surface area contributed by atoms with Crippen molar-refractivity contribution in [2.45, 2.75) is 44.0 Å². The molecule has 0 bridgehead atoms. The Kier molecular flexibility index (Phi) is 7.04. The summed E-state index contributed by atoms with van der Waals surface area (Å²) in [5.41, 5.74) is 1.52. The molecule has 2 amide bonds. The van der Waals surface area contributed by atoms with Gasteiger partial charge in [0.25, 0.3) is 0 Å². The molecule has 0 aliphatic carbocycles. The molecule has 0 saturated carbocycles. The lowest BCUT2D eigenvalue weighted by atomic mass is 10.2. The number of nitrogens with one attached hydrogen (secondary N) is 1. The largest absolute Gasteiger partial charge is 0.372 e. The lowest BCUT2D eigenvalue weighted by Crippen LogP contribution is -2.49. The van der Waals surface area contributed by atoms with Crippen molar-refractivity contribution in [1.29, 1.82) is 0 Å². The summed E-state index contributed by atoms with van der Waals surface area (Å²) in [4.78, 5) is 27.2. The Balaban J connectivity index is 1.52. The smallest absolute Gasteiger partial charge is 0.242 e. The van der Waals surface area contributed by atoms with E-state index in [1.807, 2.05) is 44.2 Å². The van der Waals surface area contributed by atoms with Gasteiger partial charge in [-0.15, -0.1) is 0 Å². The maximum atomic E-state index is 13.2. The highest BCUT2D eigenvalue weighted by atomic mass is 32.2. The summed E-state index contributed by atoms with van der Waals surface area (Å²) in [6, 6.07) is 16.3. The zero-order valence-corrected chi connectivity index (χ0v) is 20.1. The third kappa shape index (κ3) is 5.48. The van der Waals surface area contributed by atoms with Crippen molar-refractivity contribution in [2.24, 2.45) is 0 Å². The predicted molar refractivity (Wildman–Crippen MR) is 129 cm³/mol. The Labute approximate surface area is 199 Å². The molecule has 4 rings (SSSR count). The molecule has 1 fully saturated rings. The monoisotopic (exact) mass is 483 g/mol. The molecular formula is C25H29N3O5S. The molecule has 1 aliphatic heterocycles. The van der Waals surface area contributed by atoms with E-state index < -0.39 is 21.5 Å². The molecule has 3 aromatic rings. The number of morpholine rings is 1. The highest BCUT2D eigenvalue weighted by molar-refractivity contribution is 7.92. The quantitative estimate of drug-likeness (QED) is 0.557. The van der Waals surface area contributed by atoms with Gasteiger partial charge in [-0.3, -0.25) is 9.59 Å². The fourth-order valence-electron chi connectivity index (χ4n) is 4.32. The minimum atomic E-state index is -3.93. The Morgan fingerprint density at radius 1 is 1.00 bits per heavy atom. The van der Waals surface area contributed by atoms with Gasteiger partial charge in [0.1, 0.15) is 12.3 Å². The number of hydrogen-bond donors (Lipinski definition) is 1. The zero-order chi connectivity index (χ0) is 24.3. The number of benzene rings is 2. The zero-order valence-electron chi connectivity index (χ0n) is 19.3. The standard InChI is InChI=1S/C25H29N3O5S/c1-18-13-28(14-19(2)33-18)25(30)16-27-15-23(21-10-6-7-11-22(21)27)34(31,32)17-24(29)26-12-20-8-4-3-5-9-20/h3-11,15,18-19H,12-14,16-17H2,1-2H3,(H,26,29). The van der Waals surface area contributed by atoms with E-state index in [1.165, 1.54) is 6.20 Å². The molecule has 180 valence electrons. The number of nitrogens with zero attached hydrogens (tertiary/aromatic N) is 2. The molecular weight excluding hydrogens is 454 g/mol. The molecule has 1 aliphatic rings. The summed E-state index contributed by atoms with van der Waals surface area (Å²) in [7, 11) is -3.93. The Morgan fingerprint density at radius 2 is 1.65 bits per heavy atom. The van der Waals surface area contributed by atoms with Crippen molar-refractivity contribution in [1.82, 2.24) is 14.8 Å². The normalized spacial score (nSPS) is 18.7. The van der Waals surface area contributed by atoms with Crippen molar-refractivity contribution in [3.63, 3.8) is 0 Å². The lowest BCUT2D eigenvalue weighted by molar-refractivity contribution is -0.143. The second kappa shape index (κ2) is 9.99. The van der Waals surface area contributed by atoms with Gasteiger partial charge < -0.3 is 19.5 Å². The van der Waals surface area contributed by atoms with Crippen LogP contribution in [0.4, 0.5) is 0 Å². The minimum Gasteiger partial charge on any atom is -0.372 e. The molecule has 2 aromatic carbocycles. The van der Waals surface area contributed by atoms with E-state index in [4.69, 9.17) is 4.74 Å². The summed E-state index contributed by atoms with van der Waals surface area (Å²) in [6.45, 7) is 5.10. The van der Waals surface area contributed by atoms with Crippen LogP contribution in [0.3, 0.4) is 0 Å². The number of hydrogen-bond acceptors (Lipinski definition) is 5. The number of aromatic nitrogens is 1. The molecule has 1 saturated heterocycles. The maximum absolute atomic E-state index is 13.2. The van der Waals surface area contributed by atoms with Crippen molar-refractivity contribution in [2.75, 3.05) is 18.8 Å². The first-order valence-corrected chi connectivity index (χ1v) is 12.9. The molecule has 34 heavy (non-hydrogen) atoms. The average Bonchev–Trinajstić information content (AvgIpc) is 3.17. The second-order valence-electron chi connectivity index (χ2n) is 8.72. The van der Waals surface area contributed by atoms with E-state index in [0.717, 1.165) is 5.56 Å². The molecule has 0 radical (unpaired) electrons. The number of carbonyl (C=O) groups excluding carboxylic acids is 2. The molecule has 2 atom stereocenters. The van der Waals surface area contributed by atoms with Crippen molar-refractivity contribution >= 4 is 32.6 Å². The molecule has 8 nitrogen and oxygen atoms in total. The molecule has 9 heteroatoms. The number of rotatable bonds is 7. The van der Waals surface area contributed by atoms with E-state index in [1.54, 1.807) is 33.7 Å². The Bertz CT molecular complexity index is 1280. The van der Waals surface area contributed by atoms with E-state index in [2.05, 4.69) is 5.32 Å². The highest BCUT2D eigenvalue weighted by Gasteiger charge is 2.28. The van der Waals surface area contributed by atoms with Gasteiger partial charge >= 0.3 is 0 Å². The van der Waals surface area contributed by atoms with Crippen LogP contribution in [0.1, 0.15) is 19.4 Å². The number of para-hydroxylation sites is 1. The minimum absolute atomic E-state index is 0.00960. The Morgan fingerprint density at radius 3 is 2.35 bits per heavy atom. The van der Waals surface area contributed by atoms with Crippen LogP contribution in [0.2, 0.25) is 0 Å². The number of amides is 2. The first kappa shape index (κ1) is 24.0. The summed E-state index contributed by atoms with van der Waals surface area (Å²) in [5, 5.41) is 3.16. The number of fused-ring (bicyclic) bond motifs is 1. The molecule has 1 aromatic heterocycles. The third-order valence-corrected chi connectivity index (χ3v) is 7.46. The van der Waals surface area contributed by atoms with Crippen LogP contribution in [-0.4, -0.2) is 60.7 Å². The SMILES string of the molecule is CC1CN(C(=O)Cn2cc(S(=O)(=O)CC(=O)NCc3ccccc3)c3ccccc32)CC(C)O1. The molecule has 2 unspecified atom stereocenters. The van der Waals surface area contributed by atoms with Crippen molar-refractivity contribution < 1.29 is 22.7 Å². The van der Waals surface area contributed by atoms with Gasteiger partial charge in [-0.05, 0) is 25.5 Å². The summed E-state index contributed by atoms with van der Waals surface area (Å²) < 4.78 is 33.7. The van der Waals surface area contributed by atoms with Gasteiger partial charge in [-0.1, -0.05) is 48.5 Å². The molecule has 2 heterocycles. The fourth-order valence-corrected chi connectivity index (χ4v) is 5.72. The summed E-state index contributed by atoms with van der Waals surface area (Å²) in [5.74, 6) is -1.35. The first-order valence-electron chi connectivity index (χ1n) is 11.3. The maximum Gasteiger partial charge on any atom is 0.242 e. The lowest BCUT2D eigenvalue weighted by Gasteiger charge is -2.35. The van der Waals surface area contributed by atoms with Gasteiger partial charge in [-0.25, -0.2) is 8.42 Å². The van der Waals surface area contributed by atoms with E-state index in [-0.39, 0.29) is 36.1 Å². The van der Waals surface area contributed by atoms with Gasteiger partial charge in [0.05, 0.1) is 17.1 Å². The van der Waals surface area contributed by atoms with Crippen LogP contribution in [0.5, 0.6) is 0 Å². The average molecular weight is 484 g/mol. The van der Waals surface area contributed by atoms with Gasteiger partial charge in [0.15, 0.2) is 9.84 Å². The number of ether oxygens (including phenoxy) is 1. The second-order valence-corrected chi connectivity index (χ2v) is 10.7. The van der Waals surface area contributed by atoms with E-state index >= 15 is 0 Å². The van der Waals surface area contributed by atoms with Gasteiger partial charge in [0, 0.05) is 36.7 Å². The first-order chi connectivity index (χ1) is 16.2. The van der Waals surface area contributed by atoms with Crippen LogP contribution in [0, 0.1) is 0 Å². The predicted octanol–water partition coefficient (Wildman–Crippen LogP) is 2.37. The van der Waals surface area contributed by atoms with E-state index in [0.29, 0.717) is 24.0 Å². The fraction of sp³-hybridized carbons (Fsp3) is 0.360. The molecule has 1 N–H and O–H groups in total. The van der Waals surface area contributed by atoms with Crippen LogP contribution in [-0.2, 0) is 37.3 Å². The number of sulfone groups is 1. The summed E-state index contributed by atoms with van der Waals surface area (Å²) >= 11 is 0. The van der Waals surface area contributed by atoms with Crippen molar-refractivity contribution in [3.05, 3.63) is 66.4 Å². The third-order valence-electron chi connectivity index (χ3n) is 5.82. The topological polar surface area (TPSA) is 97.7 Å². The number of carbonyl (C=O) groups is 2. The van der Waals surface area contributed by atoms with Crippen molar-refractivity contribution in [3.8, 4) is 0 Å². The Hall–Kier alpha value is -3.17. The van der Waals surface area contributed by atoms with Crippen LogP contribution < -0.4 is 5.32 Å². The van der Waals surface area contributed by atoms with Gasteiger partial charge in [0.2, 0.25) is 11.8 Å². The van der Waals surface area contributed by atoms with Gasteiger partial charge in [-0.2, -0.15) is 0 Å². The van der Waals surface area contributed by atoms with Crippen LogP contribution in [0.25, 0.3) is 10.9 Å².